The lowest BCUT2D eigenvalue weighted by atomic mass is 10.1. The van der Waals surface area contributed by atoms with Gasteiger partial charge in [0.25, 0.3) is 0 Å². The fraction of sp³-hybridized carbons (Fsp3) is 0.800. The molecular weight excluding hydrogens is 261 g/mol. The molecule has 0 fully saturated rings. The van der Waals surface area contributed by atoms with E-state index < -0.39 is 30.5 Å². The molecule has 0 aromatic rings. The minimum Gasteiger partial charge on any atom is -0.314 e. The lowest BCUT2D eigenvalue weighted by molar-refractivity contribution is -0.388. The topological polar surface area (TPSA) is 29.1 Å². The first-order valence-corrected chi connectivity index (χ1v) is 3.23. The highest BCUT2D eigenvalue weighted by Crippen LogP contribution is 2.50. The number of rotatable bonds is 3. The summed E-state index contributed by atoms with van der Waals surface area (Å²) in [6, 6.07) is 0. The molecular formula is C5H2F9NO. The van der Waals surface area contributed by atoms with E-state index in [-0.39, 0.29) is 5.32 Å². The normalized spacial score (nSPS) is 17.8. The van der Waals surface area contributed by atoms with Gasteiger partial charge in [0.1, 0.15) is 0 Å². The molecule has 0 aromatic carbocycles. The summed E-state index contributed by atoms with van der Waals surface area (Å²) in [6.07, 6.45) is -14.7. The molecule has 0 radical (unpaired) electrons. The summed E-state index contributed by atoms with van der Waals surface area (Å²) >= 11 is 0. The maximum atomic E-state index is 12.6. The Morgan fingerprint density at radius 1 is 0.750 bits per heavy atom. The quantitative estimate of drug-likeness (QED) is 0.472. The van der Waals surface area contributed by atoms with Gasteiger partial charge in [0.15, 0.2) is 0 Å². The van der Waals surface area contributed by atoms with Crippen LogP contribution in [0, 0.1) is 0 Å². The summed E-state index contributed by atoms with van der Waals surface area (Å²) in [6.45, 7) is 0. The Bertz CT molecular complexity index is 268. The van der Waals surface area contributed by atoms with Gasteiger partial charge in [-0.15, -0.1) is 0 Å². The van der Waals surface area contributed by atoms with Gasteiger partial charge >= 0.3 is 24.1 Å². The summed E-state index contributed by atoms with van der Waals surface area (Å²) in [5.41, 5.74) is 0. The molecule has 1 N–H and O–H groups in total. The SMILES string of the molecule is O=CNC(F)(C(F)(F)F)C(F)(F)C(F)(F)F. The van der Waals surface area contributed by atoms with Gasteiger partial charge in [0, 0.05) is 0 Å². The molecule has 1 atom stereocenters. The summed E-state index contributed by atoms with van der Waals surface area (Å²) < 4.78 is 107. The maximum absolute atomic E-state index is 12.6. The standard InChI is InChI=1S/C5H2F9NO/c6-2(7,4(9,10)11)3(8,15-1-16)5(12,13)14/h1H,(H,15,16). The van der Waals surface area contributed by atoms with Gasteiger partial charge < -0.3 is 5.32 Å². The van der Waals surface area contributed by atoms with Crippen LogP contribution in [0.5, 0.6) is 0 Å². The van der Waals surface area contributed by atoms with Crippen molar-refractivity contribution in [1.82, 2.24) is 5.32 Å². The van der Waals surface area contributed by atoms with Crippen LogP contribution in [0.3, 0.4) is 0 Å². The van der Waals surface area contributed by atoms with Crippen LogP contribution in [0.15, 0.2) is 0 Å². The molecule has 0 bridgehead atoms. The summed E-state index contributed by atoms with van der Waals surface area (Å²) in [4.78, 5) is 9.49. The van der Waals surface area contributed by atoms with Gasteiger partial charge in [-0.1, -0.05) is 0 Å². The van der Waals surface area contributed by atoms with Gasteiger partial charge in [-0.3, -0.25) is 4.79 Å². The zero-order valence-electron chi connectivity index (χ0n) is 6.89. The third-order valence-corrected chi connectivity index (χ3v) is 1.44. The van der Waals surface area contributed by atoms with Crippen molar-refractivity contribution in [3.8, 4) is 0 Å². The van der Waals surface area contributed by atoms with E-state index in [0.717, 1.165) is 0 Å². The highest BCUT2D eigenvalue weighted by molar-refractivity contribution is 5.48. The zero-order valence-corrected chi connectivity index (χ0v) is 6.89. The van der Waals surface area contributed by atoms with Crippen LogP contribution in [-0.4, -0.2) is 30.5 Å². The highest BCUT2D eigenvalue weighted by Gasteiger charge is 2.81. The molecule has 0 saturated carbocycles. The molecule has 0 aliphatic carbocycles. The number of amides is 1. The molecule has 1 amide bonds. The molecule has 0 rings (SSSR count). The van der Waals surface area contributed by atoms with Crippen molar-refractivity contribution < 1.29 is 44.3 Å². The van der Waals surface area contributed by atoms with E-state index in [9.17, 15) is 44.3 Å². The lowest BCUT2D eigenvalue weighted by Crippen LogP contribution is -2.69. The van der Waals surface area contributed by atoms with Crippen LogP contribution in [0.2, 0.25) is 0 Å². The van der Waals surface area contributed by atoms with E-state index in [2.05, 4.69) is 0 Å². The Kier molecular flexibility index (Phi) is 3.43. The van der Waals surface area contributed by atoms with E-state index in [0.29, 0.717) is 0 Å². The van der Waals surface area contributed by atoms with Gasteiger partial charge in [-0.05, 0) is 0 Å². The molecule has 0 aliphatic heterocycles. The Morgan fingerprint density at radius 2 is 1.12 bits per heavy atom. The van der Waals surface area contributed by atoms with Crippen LogP contribution in [0.25, 0.3) is 0 Å². The second-order valence-electron chi connectivity index (χ2n) is 2.49. The first-order valence-electron chi connectivity index (χ1n) is 3.23. The molecule has 0 saturated heterocycles. The Hall–Kier alpha value is -1.16. The van der Waals surface area contributed by atoms with Gasteiger partial charge in [0.2, 0.25) is 6.41 Å². The van der Waals surface area contributed by atoms with Crippen molar-refractivity contribution in [2.24, 2.45) is 0 Å². The van der Waals surface area contributed by atoms with Crippen molar-refractivity contribution in [1.29, 1.82) is 0 Å². The van der Waals surface area contributed by atoms with Crippen LogP contribution < -0.4 is 5.32 Å². The van der Waals surface area contributed by atoms with Crippen molar-refractivity contribution in [2.75, 3.05) is 0 Å². The average Bonchev–Trinajstić information content (AvgIpc) is 1.99. The summed E-state index contributed by atoms with van der Waals surface area (Å²) in [5, 5.41) is -0.196. The Labute approximate surface area is 81.4 Å². The minimum absolute atomic E-state index is 0.196. The number of carbonyl (C=O) groups is 1. The van der Waals surface area contributed by atoms with Gasteiger partial charge in [-0.2, -0.15) is 35.1 Å². The Balaban J connectivity index is 5.63. The van der Waals surface area contributed by atoms with Crippen molar-refractivity contribution in [3.63, 3.8) is 0 Å². The molecule has 96 valence electrons. The monoisotopic (exact) mass is 263 g/mol. The molecule has 11 heteroatoms. The number of carbonyl (C=O) groups excluding carboxylic acids is 1. The molecule has 0 aliphatic rings. The van der Waals surface area contributed by atoms with Crippen LogP contribution in [0.1, 0.15) is 0 Å². The zero-order chi connectivity index (χ0) is 13.4. The van der Waals surface area contributed by atoms with Crippen LogP contribution in [0.4, 0.5) is 39.5 Å². The van der Waals surface area contributed by atoms with Crippen LogP contribution >= 0.6 is 0 Å². The van der Waals surface area contributed by atoms with E-state index in [4.69, 9.17) is 0 Å². The third-order valence-electron chi connectivity index (χ3n) is 1.44. The predicted octanol–water partition coefficient (Wildman–Crippen LogP) is 2.16. The summed E-state index contributed by atoms with van der Waals surface area (Å²) in [5.74, 6) is -13.0. The van der Waals surface area contributed by atoms with E-state index in [1.165, 1.54) is 0 Å². The first kappa shape index (κ1) is 14.8. The lowest BCUT2D eigenvalue weighted by Gasteiger charge is -2.34. The fourth-order valence-corrected chi connectivity index (χ4v) is 0.627. The van der Waals surface area contributed by atoms with Gasteiger partial charge in [0.05, 0.1) is 0 Å². The minimum atomic E-state index is -6.81. The molecule has 2 nitrogen and oxygen atoms in total. The largest absolute Gasteiger partial charge is 0.459 e. The number of alkyl halides is 9. The predicted molar refractivity (Wildman–Crippen MR) is 30.1 cm³/mol. The van der Waals surface area contributed by atoms with E-state index in [1.807, 2.05) is 0 Å². The molecule has 0 aromatic heterocycles. The number of halogens is 9. The number of hydrogen-bond donors (Lipinski definition) is 1. The molecule has 1 unspecified atom stereocenters. The van der Waals surface area contributed by atoms with E-state index in [1.54, 1.807) is 0 Å². The van der Waals surface area contributed by atoms with Crippen molar-refractivity contribution in [2.45, 2.75) is 24.1 Å². The van der Waals surface area contributed by atoms with Crippen molar-refractivity contribution >= 4 is 6.41 Å². The molecule has 0 heterocycles. The smallest absolute Gasteiger partial charge is 0.314 e. The second kappa shape index (κ2) is 3.70. The molecule has 16 heavy (non-hydrogen) atoms. The Morgan fingerprint density at radius 3 is 1.31 bits per heavy atom. The second-order valence-corrected chi connectivity index (χ2v) is 2.49. The fourth-order valence-electron chi connectivity index (χ4n) is 0.627. The van der Waals surface area contributed by atoms with Crippen LogP contribution in [-0.2, 0) is 4.79 Å². The average molecular weight is 263 g/mol. The van der Waals surface area contributed by atoms with Gasteiger partial charge in [-0.25, -0.2) is 4.39 Å². The molecule has 0 spiro atoms. The number of hydrogen-bond acceptors (Lipinski definition) is 1. The third kappa shape index (κ3) is 2.02. The number of nitrogens with one attached hydrogen (secondary N) is 1. The first-order chi connectivity index (χ1) is 6.81. The summed E-state index contributed by atoms with van der Waals surface area (Å²) in [7, 11) is 0. The van der Waals surface area contributed by atoms with E-state index >= 15 is 0 Å². The van der Waals surface area contributed by atoms with Crippen molar-refractivity contribution in [3.05, 3.63) is 0 Å². The maximum Gasteiger partial charge on any atom is 0.459 e. The highest BCUT2D eigenvalue weighted by atomic mass is 19.4.